The third-order valence-corrected chi connectivity index (χ3v) is 5.11. The number of benzene rings is 2. The second kappa shape index (κ2) is 8.84. The Bertz CT molecular complexity index is 802. The topological polar surface area (TPSA) is 74.3 Å². The number of methoxy groups -OCH3 is 2. The fraction of sp³-hybridized carbons (Fsp3) is 0.381. The van der Waals surface area contributed by atoms with Gasteiger partial charge in [0.2, 0.25) is 5.91 Å². The van der Waals surface area contributed by atoms with Crippen LogP contribution in [0.5, 0.6) is 17.2 Å². The molecular weight excluding hydrogens is 358 g/mol. The molecule has 2 aromatic carbocycles. The summed E-state index contributed by atoms with van der Waals surface area (Å²) < 4.78 is 10.5. The van der Waals surface area contributed by atoms with Crippen LogP contribution in [-0.2, 0) is 4.79 Å². The maximum absolute atomic E-state index is 12.7. The summed E-state index contributed by atoms with van der Waals surface area (Å²) in [7, 11) is 3.15. The average Bonchev–Trinajstić information content (AvgIpc) is 2.73. The second-order valence-electron chi connectivity index (χ2n) is 6.77. The van der Waals surface area contributed by atoms with Crippen molar-refractivity contribution >= 4 is 17.3 Å². The largest absolute Gasteiger partial charge is 0.508 e. The van der Waals surface area contributed by atoms with Gasteiger partial charge in [0, 0.05) is 43.6 Å². The molecule has 0 spiro atoms. The fourth-order valence-electron chi connectivity index (χ4n) is 3.36. The van der Waals surface area contributed by atoms with Crippen molar-refractivity contribution in [3.05, 3.63) is 42.5 Å². The maximum Gasteiger partial charge on any atom is 0.241 e. The minimum atomic E-state index is -0.241. The van der Waals surface area contributed by atoms with E-state index >= 15 is 0 Å². The van der Waals surface area contributed by atoms with Crippen LogP contribution in [0, 0.1) is 0 Å². The Labute approximate surface area is 165 Å². The van der Waals surface area contributed by atoms with Crippen LogP contribution in [0.2, 0.25) is 0 Å². The van der Waals surface area contributed by atoms with Crippen LogP contribution in [0.25, 0.3) is 0 Å². The van der Waals surface area contributed by atoms with Crippen molar-refractivity contribution in [1.82, 2.24) is 4.90 Å². The predicted octanol–water partition coefficient (Wildman–Crippen LogP) is 2.56. The molecule has 1 heterocycles. The van der Waals surface area contributed by atoms with E-state index in [1.54, 1.807) is 44.6 Å². The molecule has 1 aliphatic rings. The molecule has 0 bridgehead atoms. The number of carbonyl (C=O) groups excluding carboxylic acids is 1. The van der Waals surface area contributed by atoms with E-state index in [2.05, 4.69) is 15.1 Å². The number of rotatable bonds is 6. The molecule has 7 heteroatoms. The number of hydrogen-bond acceptors (Lipinski definition) is 6. The molecule has 0 aromatic heterocycles. The number of nitrogens with zero attached hydrogens (tertiary/aromatic N) is 2. The first-order valence-electron chi connectivity index (χ1n) is 9.32. The van der Waals surface area contributed by atoms with Crippen LogP contribution >= 0.6 is 0 Å². The number of carbonyl (C=O) groups is 1. The van der Waals surface area contributed by atoms with Crippen LogP contribution in [-0.4, -0.2) is 62.4 Å². The van der Waals surface area contributed by atoms with Crippen LogP contribution in [0.1, 0.15) is 6.92 Å². The first kappa shape index (κ1) is 19.8. The van der Waals surface area contributed by atoms with E-state index < -0.39 is 0 Å². The van der Waals surface area contributed by atoms with Crippen LogP contribution in [0.15, 0.2) is 42.5 Å². The Kier molecular flexibility index (Phi) is 6.26. The second-order valence-corrected chi connectivity index (χ2v) is 6.77. The van der Waals surface area contributed by atoms with Crippen molar-refractivity contribution < 1.29 is 19.4 Å². The van der Waals surface area contributed by atoms with E-state index in [4.69, 9.17) is 9.47 Å². The smallest absolute Gasteiger partial charge is 0.241 e. The lowest BCUT2D eigenvalue weighted by molar-refractivity contribution is -0.120. The van der Waals surface area contributed by atoms with E-state index in [-0.39, 0.29) is 17.7 Å². The highest BCUT2D eigenvalue weighted by molar-refractivity contribution is 5.94. The minimum Gasteiger partial charge on any atom is -0.508 e. The van der Waals surface area contributed by atoms with E-state index in [1.807, 2.05) is 19.1 Å². The van der Waals surface area contributed by atoms with E-state index in [1.165, 1.54) is 0 Å². The Hall–Kier alpha value is -2.93. The highest BCUT2D eigenvalue weighted by atomic mass is 16.5. The quantitative estimate of drug-likeness (QED) is 0.796. The van der Waals surface area contributed by atoms with Gasteiger partial charge in [0.1, 0.15) is 5.75 Å². The zero-order valence-electron chi connectivity index (χ0n) is 16.5. The van der Waals surface area contributed by atoms with Gasteiger partial charge in [0.25, 0.3) is 0 Å². The lowest BCUT2D eigenvalue weighted by Gasteiger charge is -2.38. The lowest BCUT2D eigenvalue weighted by atomic mass is 10.2. The highest BCUT2D eigenvalue weighted by Gasteiger charge is 2.26. The molecule has 28 heavy (non-hydrogen) atoms. The maximum atomic E-state index is 12.7. The molecular formula is C21H27N3O4. The van der Waals surface area contributed by atoms with Gasteiger partial charge < -0.3 is 24.8 Å². The van der Waals surface area contributed by atoms with Gasteiger partial charge in [-0.1, -0.05) is 0 Å². The molecule has 2 N–H and O–H groups in total. The SMILES string of the molecule is COc1ccc(NC(=O)C(C)N2CCN(c3ccc(O)cc3)CC2)cc1OC. The number of ether oxygens (including phenoxy) is 2. The summed E-state index contributed by atoms with van der Waals surface area (Å²) in [6, 6.07) is 12.3. The molecule has 1 amide bonds. The number of hydrogen-bond donors (Lipinski definition) is 2. The number of nitrogens with one attached hydrogen (secondary N) is 1. The first-order valence-corrected chi connectivity index (χ1v) is 9.32. The van der Waals surface area contributed by atoms with E-state index in [0.29, 0.717) is 17.2 Å². The standard InChI is InChI=1S/C21H27N3O4/c1-15(21(26)22-16-4-9-19(27-2)20(14-16)28-3)23-10-12-24(13-11-23)17-5-7-18(25)8-6-17/h4-9,14-15,25H,10-13H2,1-3H3,(H,22,26). The van der Waals surface area contributed by atoms with Gasteiger partial charge in [-0.05, 0) is 43.3 Å². The number of piperazine rings is 1. The van der Waals surface area contributed by atoms with E-state index in [0.717, 1.165) is 31.9 Å². The Morgan fingerprint density at radius 3 is 2.25 bits per heavy atom. The van der Waals surface area contributed by atoms with Gasteiger partial charge in [-0.2, -0.15) is 0 Å². The molecule has 7 nitrogen and oxygen atoms in total. The summed E-state index contributed by atoms with van der Waals surface area (Å²) in [6.07, 6.45) is 0. The monoisotopic (exact) mass is 385 g/mol. The molecule has 1 saturated heterocycles. The van der Waals surface area contributed by atoms with Gasteiger partial charge in [-0.3, -0.25) is 9.69 Å². The lowest BCUT2D eigenvalue weighted by Crippen LogP contribution is -2.52. The Morgan fingerprint density at radius 2 is 1.64 bits per heavy atom. The first-order chi connectivity index (χ1) is 13.5. The molecule has 1 unspecified atom stereocenters. The van der Waals surface area contributed by atoms with Crippen molar-refractivity contribution in [1.29, 1.82) is 0 Å². The van der Waals surface area contributed by atoms with Crippen molar-refractivity contribution in [2.75, 3.05) is 50.6 Å². The number of phenols is 1. The summed E-state index contributed by atoms with van der Waals surface area (Å²) in [5.74, 6) is 1.42. The summed E-state index contributed by atoms with van der Waals surface area (Å²) >= 11 is 0. The van der Waals surface area contributed by atoms with Crippen molar-refractivity contribution in [2.45, 2.75) is 13.0 Å². The predicted molar refractivity (Wildman–Crippen MR) is 110 cm³/mol. The molecule has 1 fully saturated rings. The van der Waals surface area contributed by atoms with Gasteiger partial charge >= 0.3 is 0 Å². The number of anilines is 2. The van der Waals surface area contributed by atoms with Crippen LogP contribution in [0.3, 0.4) is 0 Å². The van der Waals surface area contributed by atoms with Crippen molar-refractivity contribution in [3.63, 3.8) is 0 Å². The number of amides is 1. The summed E-state index contributed by atoms with van der Waals surface area (Å²) in [5.41, 5.74) is 1.76. The highest BCUT2D eigenvalue weighted by Crippen LogP contribution is 2.30. The molecule has 1 aliphatic heterocycles. The van der Waals surface area contributed by atoms with Crippen LogP contribution in [0.4, 0.5) is 11.4 Å². The zero-order valence-corrected chi connectivity index (χ0v) is 16.5. The third-order valence-electron chi connectivity index (χ3n) is 5.11. The van der Waals surface area contributed by atoms with Gasteiger partial charge in [0.05, 0.1) is 20.3 Å². The van der Waals surface area contributed by atoms with Gasteiger partial charge in [-0.15, -0.1) is 0 Å². The number of aromatic hydroxyl groups is 1. The third kappa shape index (κ3) is 4.48. The molecule has 0 aliphatic carbocycles. The average molecular weight is 385 g/mol. The number of phenolic OH excluding ortho intramolecular Hbond substituents is 1. The normalized spacial score (nSPS) is 15.8. The summed E-state index contributed by atoms with van der Waals surface area (Å²) in [4.78, 5) is 17.1. The molecule has 1 atom stereocenters. The molecule has 2 aromatic rings. The molecule has 150 valence electrons. The molecule has 0 saturated carbocycles. The Balaban J connectivity index is 1.56. The van der Waals surface area contributed by atoms with Crippen LogP contribution < -0.4 is 19.7 Å². The zero-order chi connectivity index (χ0) is 20.1. The van der Waals surface area contributed by atoms with Gasteiger partial charge in [-0.25, -0.2) is 0 Å². The van der Waals surface area contributed by atoms with Gasteiger partial charge in [0.15, 0.2) is 11.5 Å². The summed E-state index contributed by atoms with van der Waals surface area (Å²) in [6.45, 7) is 5.17. The Morgan fingerprint density at radius 1 is 1.00 bits per heavy atom. The van der Waals surface area contributed by atoms with E-state index in [9.17, 15) is 9.90 Å². The minimum absolute atomic E-state index is 0.0506. The van der Waals surface area contributed by atoms with Crippen molar-refractivity contribution in [2.24, 2.45) is 0 Å². The molecule has 0 radical (unpaired) electrons. The molecule has 3 rings (SSSR count). The van der Waals surface area contributed by atoms with Crippen molar-refractivity contribution in [3.8, 4) is 17.2 Å². The fourth-order valence-corrected chi connectivity index (χ4v) is 3.36. The summed E-state index contributed by atoms with van der Waals surface area (Å²) in [5, 5.41) is 12.4.